The van der Waals surface area contributed by atoms with Crippen molar-refractivity contribution in [3.8, 4) is 0 Å². The van der Waals surface area contributed by atoms with Gasteiger partial charge in [-0.3, -0.25) is 14.5 Å². The van der Waals surface area contributed by atoms with Crippen LogP contribution in [0, 0.1) is 0 Å². The first kappa shape index (κ1) is 15.7. The highest BCUT2D eigenvalue weighted by Gasteiger charge is 2.22. The van der Waals surface area contributed by atoms with Gasteiger partial charge in [0.2, 0.25) is 0 Å². The minimum atomic E-state index is -0.208. The van der Waals surface area contributed by atoms with Crippen LogP contribution in [-0.4, -0.2) is 66.5 Å². The SMILES string of the molecule is COC(=O)CCN1CCN(C(=O)c2ccnc(Cl)c2)CC1. The predicted molar refractivity (Wildman–Crippen MR) is 78.2 cm³/mol. The number of amides is 1. The fraction of sp³-hybridized carbons (Fsp3) is 0.500. The second-order valence-electron chi connectivity index (χ2n) is 4.83. The van der Waals surface area contributed by atoms with Crippen LogP contribution in [0.25, 0.3) is 0 Å². The maximum atomic E-state index is 12.3. The lowest BCUT2D eigenvalue weighted by Gasteiger charge is -2.34. The average molecular weight is 312 g/mol. The lowest BCUT2D eigenvalue weighted by Crippen LogP contribution is -2.49. The van der Waals surface area contributed by atoms with Crippen LogP contribution in [0.15, 0.2) is 18.3 Å². The van der Waals surface area contributed by atoms with Crippen LogP contribution in [0.1, 0.15) is 16.8 Å². The fourth-order valence-corrected chi connectivity index (χ4v) is 2.42. The number of nitrogens with zero attached hydrogens (tertiary/aromatic N) is 3. The van der Waals surface area contributed by atoms with E-state index in [0.717, 1.165) is 13.1 Å². The molecule has 6 nitrogen and oxygen atoms in total. The Kier molecular flexibility index (Phi) is 5.52. The molecule has 2 rings (SSSR count). The van der Waals surface area contributed by atoms with Gasteiger partial charge in [-0.2, -0.15) is 0 Å². The van der Waals surface area contributed by atoms with Crippen molar-refractivity contribution in [2.75, 3.05) is 39.8 Å². The zero-order valence-electron chi connectivity index (χ0n) is 11.9. The summed E-state index contributed by atoms with van der Waals surface area (Å²) >= 11 is 5.80. The summed E-state index contributed by atoms with van der Waals surface area (Å²) in [5, 5.41) is 0.317. The maximum Gasteiger partial charge on any atom is 0.306 e. The number of pyridine rings is 1. The van der Waals surface area contributed by atoms with E-state index in [0.29, 0.717) is 36.8 Å². The number of carbonyl (C=O) groups is 2. The van der Waals surface area contributed by atoms with E-state index in [1.807, 2.05) is 0 Å². The van der Waals surface area contributed by atoms with Crippen molar-refractivity contribution < 1.29 is 14.3 Å². The van der Waals surface area contributed by atoms with Gasteiger partial charge in [-0.05, 0) is 12.1 Å². The molecule has 1 amide bonds. The molecule has 0 saturated carbocycles. The van der Waals surface area contributed by atoms with E-state index in [-0.39, 0.29) is 11.9 Å². The molecular formula is C14H18ClN3O3. The van der Waals surface area contributed by atoms with E-state index in [2.05, 4.69) is 14.6 Å². The first-order valence-corrected chi connectivity index (χ1v) is 7.18. The highest BCUT2D eigenvalue weighted by molar-refractivity contribution is 6.29. The normalized spacial score (nSPS) is 15.8. The van der Waals surface area contributed by atoms with Gasteiger partial charge in [0, 0.05) is 44.5 Å². The van der Waals surface area contributed by atoms with Crippen molar-refractivity contribution in [3.05, 3.63) is 29.0 Å². The molecule has 2 heterocycles. The monoisotopic (exact) mass is 311 g/mol. The summed E-state index contributed by atoms with van der Waals surface area (Å²) < 4.78 is 4.62. The molecule has 0 aromatic carbocycles. The first-order valence-electron chi connectivity index (χ1n) is 6.80. The van der Waals surface area contributed by atoms with Crippen LogP contribution < -0.4 is 0 Å². The van der Waals surface area contributed by atoms with Crippen molar-refractivity contribution in [1.29, 1.82) is 0 Å². The van der Waals surface area contributed by atoms with Crippen molar-refractivity contribution in [3.63, 3.8) is 0 Å². The van der Waals surface area contributed by atoms with Crippen LogP contribution in [-0.2, 0) is 9.53 Å². The maximum absolute atomic E-state index is 12.3. The average Bonchev–Trinajstić information content (AvgIpc) is 2.52. The second-order valence-corrected chi connectivity index (χ2v) is 5.21. The third-order valence-electron chi connectivity index (χ3n) is 3.49. The molecule has 0 aliphatic carbocycles. The Balaban J connectivity index is 1.83. The molecule has 1 aromatic heterocycles. The smallest absolute Gasteiger partial charge is 0.306 e. The third-order valence-corrected chi connectivity index (χ3v) is 3.70. The summed E-state index contributed by atoms with van der Waals surface area (Å²) in [6.45, 7) is 3.44. The van der Waals surface area contributed by atoms with E-state index in [4.69, 9.17) is 11.6 Å². The third kappa shape index (κ3) is 4.41. The van der Waals surface area contributed by atoms with Gasteiger partial charge in [0.25, 0.3) is 5.91 Å². The van der Waals surface area contributed by atoms with Crippen LogP contribution >= 0.6 is 11.6 Å². The van der Waals surface area contributed by atoms with E-state index >= 15 is 0 Å². The molecular weight excluding hydrogens is 294 g/mol. The van der Waals surface area contributed by atoms with Crippen LogP contribution in [0.4, 0.5) is 0 Å². The van der Waals surface area contributed by atoms with Crippen molar-refractivity contribution in [2.24, 2.45) is 0 Å². The zero-order chi connectivity index (χ0) is 15.2. The van der Waals surface area contributed by atoms with E-state index in [1.54, 1.807) is 17.0 Å². The Bertz CT molecular complexity index is 516. The van der Waals surface area contributed by atoms with Gasteiger partial charge in [-0.15, -0.1) is 0 Å². The van der Waals surface area contributed by atoms with Gasteiger partial charge in [0.05, 0.1) is 13.5 Å². The Morgan fingerprint density at radius 1 is 1.33 bits per heavy atom. The van der Waals surface area contributed by atoms with Crippen molar-refractivity contribution in [2.45, 2.75) is 6.42 Å². The highest BCUT2D eigenvalue weighted by Crippen LogP contribution is 2.12. The standard InChI is InChI=1S/C14H18ClN3O3/c1-21-13(19)3-5-17-6-8-18(9-7-17)14(20)11-2-4-16-12(15)10-11/h2,4,10H,3,5-9H2,1H3. The largest absolute Gasteiger partial charge is 0.469 e. The quantitative estimate of drug-likeness (QED) is 0.614. The summed E-state index contributed by atoms with van der Waals surface area (Å²) in [5.74, 6) is -0.244. The molecule has 0 N–H and O–H groups in total. The molecule has 0 spiro atoms. The summed E-state index contributed by atoms with van der Waals surface area (Å²) in [6, 6.07) is 3.24. The van der Waals surface area contributed by atoms with Gasteiger partial charge in [-0.1, -0.05) is 11.6 Å². The number of hydrogen-bond acceptors (Lipinski definition) is 5. The molecule has 7 heteroatoms. The Morgan fingerprint density at radius 3 is 2.67 bits per heavy atom. The van der Waals surface area contributed by atoms with Gasteiger partial charge < -0.3 is 9.64 Å². The minimum Gasteiger partial charge on any atom is -0.469 e. The summed E-state index contributed by atoms with van der Waals surface area (Å²) in [7, 11) is 1.39. The van der Waals surface area contributed by atoms with Gasteiger partial charge in [0.1, 0.15) is 5.15 Å². The molecule has 1 aliphatic rings. The topological polar surface area (TPSA) is 62.7 Å². The molecule has 1 saturated heterocycles. The minimum absolute atomic E-state index is 0.0353. The Labute approximate surface area is 128 Å². The number of carbonyl (C=O) groups excluding carboxylic acids is 2. The molecule has 0 bridgehead atoms. The van der Waals surface area contributed by atoms with E-state index < -0.39 is 0 Å². The number of rotatable bonds is 4. The van der Waals surface area contributed by atoms with E-state index in [9.17, 15) is 9.59 Å². The zero-order valence-corrected chi connectivity index (χ0v) is 12.7. The van der Waals surface area contributed by atoms with Crippen molar-refractivity contribution >= 4 is 23.5 Å². The molecule has 1 aliphatic heterocycles. The molecule has 1 aromatic rings. The number of halogens is 1. The molecule has 1 fully saturated rings. The molecule has 0 radical (unpaired) electrons. The van der Waals surface area contributed by atoms with Crippen LogP contribution in [0.2, 0.25) is 5.15 Å². The molecule has 0 unspecified atom stereocenters. The van der Waals surface area contributed by atoms with Gasteiger partial charge in [0.15, 0.2) is 0 Å². The second kappa shape index (κ2) is 7.38. The fourth-order valence-electron chi connectivity index (χ4n) is 2.24. The predicted octanol–water partition coefficient (Wildman–Crippen LogP) is 1.06. The highest BCUT2D eigenvalue weighted by atomic mass is 35.5. The van der Waals surface area contributed by atoms with Crippen molar-refractivity contribution in [1.82, 2.24) is 14.8 Å². The number of piperazine rings is 1. The van der Waals surface area contributed by atoms with Crippen LogP contribution in [0.5, 0.6) is 0 Å². The number of aromatic nitrogens is 1. The Morgan fingerprint density at radius 2 is 2.05 bits per heavy atom. The molecule has 114 valence electrons. The summed E-state index contributed by atoms with van der Waals surface area (Å²) in [6.07, 6.45) is 1.91. The number of methoxy groups -OCH3 is 1. The van der Waals surface area contributed by atoms with Gasteiger partial charge >= 0.3 is 5.97 Å². The summed E-state index contributed by atoms with van der Waals surface area (Å²) in [4.78, 5) is 31.2. The van der Waals surface area contributed by atoms with Gasteiger partial charge in [-0.25, -0.2) is 4.98 Å². The Hall–Kier alpha value is -1.66. The number of ether oxygens (including phenoxy) is 1. The lowest BCUT2D eigenvalue weighted by atomic mass is 10.2. The molecule has 21 heavy (non-hydrogen) atoms. The van der Waals surface area contributed by atoms with E-state index in [1.165, 1.54) is 13.3 Å². The summed E-state index contributed by atoms with van der Waals surface area (Å²) in [5.41, 5.74) is 0.554. The van der Waals surface area contributed by atoms with Crippen LogP contribution in [0.3, 0.4) is 0 Å². The number of hydrogen-bond donors (Lipinski definition) is 0. The molecule has 0 atom stereocenters. The first-order chi connectivity index (χ1) is 10.1. The number of esters is 1. The lowest BCUT2D eigenvalue weighted by molar-refractivity contribution is -0.141.